The molecule has 0 unspecified atom stereocenters. The lowest BCUT2D eigenvalue weighted by atomic mass is 10.2. The van der Waals surface area contributed by atoms with Gasteiger partial charge in [-0.2, -0.15) is 13.2 Å². The molecule has 0 radical (unpaired) electrons. The third-order valence-corrected chi connectivity index (χ3v) is 6.78. The first kappa shape index (κ1) is 27.6. The second kappa shape index (κ2) is 12.0. The van der Waals surface area contributed by atoms with Gasteiger partial charge in [-0.15, -0.1) is 10.2 Å². The number of carbonyl (C=O) groups excluding carboxylic acids is 1. The number of amides is 2. The molecule has 1 aromatic heterocycles. The van der Waals surface area contributed by atoms with Gasteiger partial charge in [-0.3, -0.25) is 4.57 Å². The Hall–Kier alpha value is -3.41. The minimum absolute atomic E-state index is 0.0535. The largest absolute Gasteiger partial charge is 0.497 e. The van der Waals surface area contributed by atoms with Crippen molar-refractivity contribution in [1.29, 1.82) is 0 Å². The maximum Gasteiger partial charge on any atom is 0.416 e. The van der Waals surface area contributed by atoms with E-state index in [-0.39, 0.29) is 12.2 Å². The molecule has 7 nitrogen and oxygen atoms in total. The summed E-state index contributed by atoms with van der Waals surface area (Å²) in [6.07, 6.45) is -4.46. The monoisotopic (exact) mass is 581 g/mol. The van der Waals surface area contributed by atoms with Gasteiger partial charge in [-0.25, -0.2) is 4.79 Å². The predicted octanol–water partition coefficient (Wildman–Crippen LogP) is 7.22. The third kappa shape index (κ3) is 6.91. The van der Waals surface area contributed by atoms with Crippen molar-refractivity contribution in [2.75, 3.05) is 12.4 Å². The van der Waals surface area contributed by atoms with Gasteiger partial charge in [0, 0.05) is 16.5 Å². The highest BCUT2D eigenvalue weighted by atomic mass is 35.5. The summed E-state index contributed by atoms with van der Waals surface area (Å²) in [5.74, 6) is 1.64. The van der Waals surface area contributed by atoms with E-state index in [1.807, 2.05) is 24.3 Å². The molecule has 0 fully saturated rings. The number of nitrogens with one attached hydrogen (secondary N) is 2. The van der Waals surface area contributed by atoms with Gasteiger partial charge < -0.3 is 15.4 Å². The smallest absolute Gasteiger partial charge is 0.416 e. The average molecular weight is 582 g/mol. The summed E-state index contributed by atoms with van der Waals surface area (Å²) in [4.78, 5) is 12.4. The van der Waals surface area contributed by atoms with Crippen LogP contribution in [0.15, 0.2) is 71.9 Å². The fraction of sp³-hybridized carbons (Fsp3) is 0.160. The molecule has 0 saturated carbocycles. The summed E-state index contributed by atoms with van der Waals surface area (Å²) in [6.45, 7) is -0.0535. The van der Waals surface area contributed by atoms with Crippen molar-refractivity contribution in [1.82, 2.24) is 20.1 Å². The Morgan fingerprint density at radius 2 is 1.82 bits per heavy atom. The van der Waals surface area contributed by atoms with E-state index in [4.69, 9.17) is 27.9 Å². The van der Waals surface area contributed by atoms with E-state index in [1.165, 1.54) is 23.9 Å². The van der Waals surface area contributed by atoms with Crippen molar-refractivity contribution in [3.05, 3.63) is 93.7 Å². The molecule has 0 aliphatic rings. The summed E-state index contributed by atoms with van der Waals surface area (Å²) in [7, 11) is 1.59. The molecule has 0 aliphatic heterocycles. The Labute approximate surface area is 230 Å². The average Bonchev–Trinajstić information content (AvgIpc) is 3.30. The number of nitrogens with zero attached hydrogens (tertiary/aromatic N) is 3. The van der Waals surface area contributed by atoms with Crippen molar-refractivity contribution in [3.63, 3.8) is 0 Å². The highest BCUT2D eigenvalue weighted by molar-refractivity contribution is 7.98. The standard InChI is InChI=1S/C25H20Cl2F3N5O2S/c1-37-19-4-2-3-15(11-19)14-38-24-34-33-22(35(24)21-12-17(26)7-10-20(21)27)13-31-23(36)32-18-8-5-16(6-9-18)25(28,29)30/h2-12H,13-14H2,1H3,(H2,31,32,36). The van der Waals surface area contributed by atoms with Crippen LogP contribution in [0, 0.1) is 0 Å². The minimum atomic E-state index is -4.46. The lowest BCUT2D eigenvalue weighted by molar-refractivity contribution is -0.137. The van der Waals surface area contributed by atoms with Gasteiger partial charge in [0.05, 0.1) is 29.9 Å². The van der Waals surface area contributed by atoms with E-state index < -0.39 is 17.8 Å². The zero-order valence-electron chi connectivity index (χ0n) is 19.7. The van der Waals surface area contributed by atoms with Crippen LogP contribution in [0.25, 0.3) is 5.69 Å². The molecular weight excluding hydrogens is 562 g/mol. The number of ether oxygens (including phenoxy) is 1. The fourth-order valence-electron chi connectivity index (χ4n) is 3.39. The molecule has 0 aliphatic carbocycles. The highest BCUT2D eigenvalue weighted by Crippen LogP contribution is 2.32. The van der Waals surface area contributed by atoms with Crippen LogP contribution in [-0.4, -0.2) is 27.9 Å². The van der Waals surface area contributed by atoms with Crippen LogP contribution < -0.4 is 15.4 Å². The van der Waals surface area contributed by atoms with Crippen LogP contribution in [0.1, 0.15) is 17.0 Å². The lowest BCUT2D eigenvalue weighted by Crippen LogP contribution is -2.29. The lowest BCUT2D eigenvalue weighted by Gasteiger charge is -2.13. The van der Waals surface area contributed by atoms with Gasteiger partial charge in [0.15, 0.2) is 11.0 Å². The van der Waals surface area contributed by atoms with E-state index in [2.05, 4.69) is 20.8 Å². The zero-order valence-corrected chi connectivity index (χ0v) is 22.0. The van der Waals surface area contributed by atoms with E-state index in [0.717, 1.165) is 23.4 Å². The van der Waals surface area contributed by atoms with Crippen molar-refractivity contribution in [2.45, 2.75) is 23.6 Å². The third-order valence-electron chi connectivity index (χ3n) is 5.23. The zero-order chi connectivity index (χ0) is 27.3. The summed E-state index contributed by atoms with van der Waals surface area (Å²) in [6, 6.07) is 16.0. The molecule has 13 heteroatoms. The second-order valence-electron chi connectivity index (χ2n) is 7.85. The first-order valence-corrected chi connectivity index (χ1v) is 12.8. The molecule has 2 amide bonds. The van der Waals surface area contributed by atoms with Crippen molar-refractivity contribution in [2.24, 2.45) is 0 Å². The number of halogens is 5. The molecular formula is C25H20Cl2F3N5O2S. The molecule has 4 rings (SSSR count). The molecule has 4 aromatic rings. The SMILES string of the molecule is COc1cccc(CSc2nnc(CNC(=O)Nc3ccc(C(F)(F)F)cc3)n2-c2cc(Cl)ccc2Cl)c1. The molecule has 0 atom stereocenters. The molecule has 1 heterocycles. The molecule has 0 spiro atoms. The first-order valence-electron chi connectivity index (χ1n) is 11.0. The molecule has 0 saturated heterocycles. The number of hydrogen-bond donors (Lipinski definition) is 2. The molecule has 3 aromatic carbocycles. The molecule has 198 valence electrons. The predicted molar refractivity (Wildman–Crippen MR) is 141 cm³/mol. The van der Waals surface area contributed by atoms with E-state index >= 15 is 0 Å². The quantitative estimate of drug-likeness (QED) is 0.215. The van der Waals surface area contributed by atoms with Gasteiger partial charge in [0.1, 0.15) is 5.75 Å². The maximum absolute atomic E-state index is 12.8. The highest BCUT2D eigenvalue weighted by Gasteiger charge is 2.30. The maximum atomic E-state index is 12.8. The number of methoxy groups -OCH3 is 1. The van der Waals surface area contributed by atoms with Crippen LogP contribution in [0.4, 0.5) is 23.7 Å². The fourth-order valence-corrected chi connectivity index (χ4v) is 4.67. The Kier molecular flexibility index (Phi) is 8.70. The Morgan fingerprint density at radius 1 is 1.05 bits per heavy atom. The summed E-state index contributed by atoms with van der Waals surface area (Å²) in [5.41, 5.74) is 0.910. The van der Waals surface area contributed by atoms with Gasteiger partial charge in [0.2, 0.25) is 0 Å². The van der Waals surface area contributed by atoms with Gasteiger partial charge in [-0.1, -0.05) is 47.1 Å². The van der Waals surface area contributed by atoms with Crippen molar-refractivity contribution >= 4 is 46.7 Å². The van der Waals surface area contributed by atoms with Crippen LogP contribution in [0.2, 0.25) is 10.0 Å². The molecule has 2 N–H and O–H groups in total. The number of thioether (sulfide) groups is 1. The Bertz CT molecular complexity index is 1430. The van der Waals surface area contributed by atoms with Crippen LogP contribution in [-0.2, 0) is 18.5 Å². The van der Waals surface area contributed by atoms with Crippen LogP contribution in [0.5, 0.6) is 5.75 Å². The number of rotatable bonds is 8. The number of benzene rings is 3. The first-order chi connectivity index (χ1) is 18.1. The van der Waals surface area contributed by atoms with Crippen LogP contribution in [0.3, 0.4) is 0 Å². The number of aromatic nitrogens is 3. The van der Waals surface area contributed by atoms with E-state index in [1.54, 1.807) is 29.9 Å². The number of alkyl halides is 3. The normalized spacial score (nSPS) is 11.3. The number of urea groups is 1. The second-order valence-corrected chi connectivity index (χ2v) is 9.64. The summed E-state index contributed by atoms with van der Waals surface area (Å²) < 4.78 is 45.3. The summed E-state index contributed by atoms with van der Waals surface area (Å²) >= 11 is 14.1. The van der Waals surface area contributed by atoms with Gasteiger partial charge in [-0.05, 0) is 60.2 Å². The number of hydrogen-bond acceptors (Lipinski definition) is 5. The Balaban J connectivity index is 1.52. The van der Waals surface area contributed by atoms with E-state index in [0.29, 0.717) is 32.5 Å². The minimum Gasteiger partial charge on any atom is -0.497 e. The van der Waals surface area contributed by atoms with Crippen LogP contribution >= 0.6 is 35.0 Å². The molecule has 38 heavy (non-hydrogen) atoms. The van der Waals surface area contributed by atoms with Crippen molar-refractivity contribution < 1.29 is 22.7 Å². The topological polar surface area (TPSA) is 81.1 Å². The van der Waals surface area contributed by atoms with Gasteiger partial charge >= 0.3 is 12.2 Å². The number of anilines is 1. The Morgan fingerprint density at radius 3 is 2.53 bits per heavy atom. The van der Waals surface area contributed by atoms with Gasteiger partial charge in [0.25, 0.3) is 0 Å². The number of carbonyl (C=O) groups is 1. The summed E-state index contributed by atoms with van der Waals surface area (Å²) in [5, 5.41) is 15.0. The molecule has 0 bridgehead atoms. The van der Waals surface area contributed by atoms with E-state index in [9.17, 15) is 18.0 Å². The van der Waals surface area contributed by atoms with Crippen molar-refractivity contribution in [3.8, 4) is 11.4 Å².